The summed E-state index contributed by atoms with van der Waals surface area (Å²) in [5, 5.41) is 11.7. The van der Waals surface area contributed by atoms with Gasteiger partial charge in [0.1, 0.15) is 34.9 Å². The Bertz CT molecular complexity index is 1140. The van der Waals surface area contributed by atoms with Gasteiger partial charge in [-0.15, -0.1) is 0 Å². The predicted octanol–water partition coefficient (Wildman–Crippen LogP) is 1.62. The van der Waals surface area contributed by atoms with Crippen LogP contribution in [0.25, 0.3) is 0 Å². The Labute approximate surface area is 202 Å². The molecule has 1 spiro atoms. The molecule has 0 aromatic rings. The smallest absolute Gasteiger partial charge is 0.317 e. The highest BCUT2D eigenvalue weighted by atomic mass is 16.6. The lowest BCUT2D eigenvalue weighted by atomic mass is 9.56. The molecule has 4 bridgehead atoms. The van der Waals surface area contributed by atoms with Gasteiger partial charge < -0.3 is 24.1 Å². The van der Waals surface area contributed by atoms with Crippen LogP contribution in [0.4, 0.5) is 0 Å². The average Bonchev–Trinajstić information content (AvgIpc) is 3.14. The van der Waals surface area contributed by atoms with E-state index < -0.39 is 75.4 Å². The number of cyclic esters (lactones) is 1. The number of carbonyl (C=O) groups excluding carboxylic acids is 4. The number of ether oxygens (including phenoxy) is 4. The third-order valence-electron chi connectivity index (χ3n) is 9.98. The molecule has 6 rings (SSSR count). The molecule has 9 heteroatoms. The number of hydrogen-bond donors (Lipinski definition) is 1. The Kier molecular flexibility index (Phi) is 4.13. The Morgan fingerprint density at radius 2 is 1.91 bits per heavy atom. The van der Waals surface area contributed by atoms with Crippen molar-refractivity contribution in [2.24, 2.45) is 34.5 Å². The molecule has 10 atom stereocenters. The molecule has 5 fully saturated rings. The van der Waals surface area contributed by atoms with Gasteiger partial charge in [0.05, 0.1) is 5.92 Å². The van der Waals surface area contributed by atoms with Gasteiger partial charge in [-0.3, -0.25) is 19.2 Å². The van der Waals surface area contributed by atoms with Crippen molar-refractivity contribution in [3.05, 3.63) is 24.3 Å². The van der Waals surface area contributed by atoms with Gasteiger partial charge in [0.25, 0.3) is 0 Å². The summed E-state index contributed by atoms with van der Waals surface area (Å²) in [6, 6.07) is 0. The van der Waals surface area contributed by atoms with E-state index in [1.165, 1.54) is 13.8 Å². The summed E-state index contributed by atoms with van der Waals surface area (Å²) >= 11 is 0. The summed E-state index contributed by atoms with van der Waals surface area (Å²) < 4.78 is 23.3. The Hall–Kier alpha value is -2.68. The van der Waals surface area contributed by atoms with E-state index in [1.54, 1.807) is 26.0 Å². The highest BCUT2D eigenvalue weighted by molar-refractivity contribution is 5.88. The maximum absolute atomic E-state index is 13.8. The zero-order chi connectivity index (χ0) is 25.3. The van der Waals surface area contributed by atoms with Crippen LogP contribution in [0, 0.1) is 34.5 Å². The fourth-order valence-corrected chi connectivity index (χ4v) is 9.26. The maximum Gasteiger partial charge on any atom is 0.317 e. The van der Waals surface area contributed by atoms with Crippen LogP contribution in [0.15, 0.2) is 24.3 Å². The molecule has 6 aliphatic rings. The zero-order valence-electron chi connectivity index (χ0n) is 20.3. The number of rotatable bonds is 2. The summed E-state index contributed by atoms with van der Waals surface area (Å²) in [5.74, 6) is -4.60. The Balaban J connectivity index is 1.62. The topological polar surface area (TPSA) is 125 Å². The van der Waals surface area contributed by atoms with Crippen LogP contribution in [0.2, 0.25) is 0 Å². The molecular formula is C26H30O9. The predicted molar refractivity (Wildman–Crippen MR) is 117 cm³/mol. The van der Waals surface area contributed by atoms with Gasteiger partial charge in [0.15, 0.2) is 0 Å². The van der Waals surface area contributed by atoms with Crippen LogP contribution in [-0.2, 0) is 38.1 Å². The summed E-state index contributed by atoms with van der Waals surface area (Å²) in [6.45, 7) is 10.00. The van der Waals surface area contributed by atoms with Crippen LogP contribution in [-0.4, -0.2) is 58.5 Å². The second-order valence-corrected chi connectivity index (χ2v) is 11.8. The molecule has 2 aliphatic heterocycles. The SMILES string of the molecule is C=C1[C@H]2[C@]34C[C@@]1(OC(C)=O)CC[C@H]3[C@@]13C=C[C@H](OC(C)=O)[C@@](C)(C(=O)O1)[C@H]3[C@@H]4C(=O)OC[C@]2(C)O. The fourth-order valence-electron chi connectivity index (χ4n) is 9.26. The largest absolute Gasteiger partial charge is 0.462 e. The highest BCUT2D eigenvalue weighted by Crippen LogP contribution is 2.81. The molecule has 0 aromatic carbocycles. The van der Waals surface area contributed by atoms with E-state index >= 15 is 0 Å². The first-order valence-electron chi connectivity index (χ1n) is 12.1. The second kappa shape index (κ2) is 6.35. The van der Waals surface area contributed by atoms with Crippen LogP contribution < -0.4 is 0 Å². The molecule has 0 aromatic heterocycles. The molecule has 0 amide bonds. The van der Waals surface area contributed by atoms with E-state index in [1.807, 2.05) is 0 Å². The molecule has 0 radical (unpaired) electrons. The lowest BCUT2D eigenvalue weighted by Crippen LogP contribution is -2.52. The standard InChI is InChI=1S/C26H30O9/c1-12-18-22(4,31)11-32-20(29)17-19-23(5)16(33-13(2)27)7-9-26(19,35-21(23)30)15-6-8-24(12,34-14(3)28)10-25(15,17)18/h7,9,15-19,31H,1,6,8,10-11H2,2-5H3/t15-,16+,17-,18-,19-,22+,23-,24+,25-,26-/m1/s1. The lowest BCUT2D eigenvalue weighted by Gasteiger charge is -2.48. The van der Waals surface area contributed by atoms with Gasteiger partial charge in [-0.2, -0.15) is 0 Å². The third-order valence-corrected chi connectivity index (χ3v) is 9.98. The molecule has 0 unspecified atom stereocenters. The lowest BCUT2D eigenvalue weighted by molar-refractivity contribution is -0.171. The monoisotopic (exact) mass is 486 g/mol. The van der Waals surface area contributed by atoms with E-state index in [4.69, 9.17) is 18.9 Å². The van der Waals surface area contributed by atoms with E-state index in [9.17, 15) is 24.3 Å². The average molecular weight is 487 g/mol. The van der Waals surface area contributed by atoms with Crippen molar-refractivity contribution in [3.8, 4) is 0 Å². The molecule has 188 valence electrons. The van der Waals surface area contributed by atoms with Gasteiger partial charge >= 0.3 is 23.9 Å². The number of hydrogen-bond acceptors (Lipinski definition) is 9. The van der Waals surface area contributed by atoms with Crippen molar-refractivity contribution in [2.45, 2.75) is 69.9 Å². The summed E-state index contributed by atoms with van der Waals surface area (Å²) in [5.41, 5.74) is -5.31. The van der Waals surface area contributed by atoms with Crippen molar-refractivity contribution < 1.29 is 43.2 Å². The molecule has 2 heterocycles. The molecule has 9 nitrogen and oxygen atoms in total. The molecule has 2 saturated heterocycles. The molecular weight excluding hydrogens is 456 g/mol. The zero-order valence-corrected chi connectivity index (χ0v) is 20.3. The maximum atomic E-state index is 13.8. The summed E-state index contributed by atoms with van der Waals surface area (Å²) in [6.07, 6.45) is 3.77. The van der Waals surface area contributed by atoms with Crippen molar-refractivity contribution in [1.82, 2.24) is 0 Å². The first kappa shape index (κ1) is 22.8. The number of esters is 4. The van der Waals surface area contributed by atoms with Crippen molar-refractivity contribution in [1.29, 1.82) is 0 Å². The van der Waals surface area contributed by atoms with Gasteiger partial charge in [-0.25, -0.2) is 0 Å². The van der Waals surface area contributed by atoms with Crippen LogP contribution >= 0.6 is 0 Å². The van der Waals surface area contributed by atoms with Crippen LogP contribution in [0.3, 0.4) is 0 Å². The van der Waals surface area contributed by atoms with Crippen LogP contribution in [0.1, 0.15) is 47.0 Å². The number of fused-ring (bicyclic) bond motifs is 1. The van der Waals surface area contributed by atoms with E-state index in [-0.39, 0.29) is 18.9 Å². The van der Waals surface area contributed by atoms with Gasteiger partial charge in [0, 0.05) is 37.0 Å². The fraction of sp³-hybridized carbons (Fsp3) is 0.692. The molecule has 3 saturated carbocycles. The van der Waals surface area contributed by atoms with Crippen molar-refractivity contribution in [3.63, 3.8) is 0 Å². The first-order chi connectivity index (χ1) is 16.3. The third kappa shape index (κ3) is 2.34. The van der Waals surface area contributed by atoms with E-state index in [0.717, 1.165) is 0 Å². The van der Waals surface area contributed by atoms with E-state index in [2.05, 4.69) is 6.58 Å². The Morgan fingerprint density at radius 1 is 1.20 bits per heavy atom. The normalized spacial score (nSPS) is 52.7. The minimum Gasteiger partial charge on any atom is -0.462 e. The summed E-state index contributed by atoms with van der Waals surface area (Å²) in [4.78, 5) is 51.4. The van der Waals surface area contributed by atoms with Crippen LogP contribution in [0.5, 0.6) is 0 Å². The molecule has 1 N–H and O–H groups in total. The minimum atomic E-state index is -1.47. The van der Waals surface area contributed by atoms with Crippen molar-refractivity contribution in [2.75, 3.05) is 6.61 Å². The Morgan fingerprint density at radius 3 is 2.57 bits per heavy atom. The second-order valence-electron chi connectivity index (χ2n) is 11.8. The van der Waals surface area contributed by atoms with Gasteiger partial charge in [-0.1, -0.05) is 6.58 Å². The van der Waals surface area contributed by atoms with Gasteiger partial charge in [-0.05, 0) is 50.8 Å². The van der Waals surface area contributed by atoms with Crippen molar-refractivity contribution >= 4 is 23.9 Å². The van der Waals surface area contributed by atoms with E-state index in [0.29, 0.717) is 18.4 Å². The molecule has 4 aliphatic carbocycles. The minimum absolute atomic E-state index is 0.245. The first-order valence-corrected chi connectivity index (χ1v) is 12.1. The number of carbonyl (C=O) groups is 4. The molecule has 35 heavy (non-hydrogen) atoms. The summed E-state index contributed by atoms with van der Waals surface area (Å²) in [7, 11) is 0. The quantitative estimate of drug-likeness (QED) is 0.352. The van der Waals surface area contributed by atoms with Gasteiger partial charge in [0.2, 0.25) is 0 Å². The highest BCUT2D eigenvalue weighted by Gasteiger charge is 2.88. The number of aliphatic hydroxyl groups is 1.